The molecule has 0 bridgehead atoms. The molecule has 0 saturated carbocycles. The van der Waals surface area contributed by atoms with Gasteiger partial charge in [0.05, 0.1) is 13.1 Å². The highest BCUT2D eigenvalue weighted by atomic mass is 16.2. The average Bonchev–Trinajstić information content (AvgIpc) is 2.77. The Morgan fingerprint density at radius 1 is 1.13 bits per heavy atom. The molecule has 160 valence electrons. The number of aliphatic imine (C=N–C) groups is 1. The third-order valence-corrected chi connectivity index (χ3v) is 5.20. The molecule has 1 saturated heterocycles. The van der Waals surface area contributed by atoms with Crippen molar-refractivity contribution in [2.45, 2.75) is 39.3 Å². The molecule has 6 nitrogen and oxygen atoms in total. The van der Waals surface area contributed by atoms with Crippen LogP contribution in [0.25, 0.3) is 0 Å². The zero-order valence-electron chi connectivity index (χ0n) is 18.0. The molecule has 1 unspecified atom stereocenters. The zero-order chi connectivity index (χ0) is 21.2. The summed E-state index contributed by atoms with van der Waals surface area (Å²) in [6.07, 6.45) is 2.09. The second-order valence-corrected chi connectivity index (χ2v) is 7.70. The second kappa shape index (κ2) is 11.2. The molecular weight excluding hydrogens is 374 g/mol. The molecule has 3 N–H and O–H groups in total. The van der Waals surface area contributed by atoms with Crippen LogP contribution in [0.15, 0.2) is 59.6 Å². The third-order valence-electron chi connectivity index (χ3n) is 5.20. The number of rotatable bonds is 8. The van der Waals surface area contributed by atoms with Crippen molar-refractivity contribution in [1.82, 2.24) is 16.0 Å². The summed E-state index contributed by atoms with van der Waals surface area (Å²) in [5.41, 5.74) is 3.59. The summed E-state index contributed by atoms with van der Waals surface area (Å²) in [6, 6.07) is 19.2. The quantitative estimate of drug-likeness (QED) is 0.465. The Kier molecular flexibility index (Phi) is 8.12. The largest absolute Gasteiger partial charge is 0.360 e. The smallest absolute Gasteiger partial charge is 0.239 e. The van der Waals surface area contributed by atoms with Crippen LogP contribution in [0.4, 0.5) is 5.69 Å². The molecule has 0 aromatic heterocycles. The Labute approximate surface area is 179 Å². The molecule has 3 rings (SSSR count). The molecule has 2 aromatic carbocycles. The fourth-order valence-corrected chi connectivity index (χ4v) is 3.49. The summed E-state index contributed by atoms with van der Waals surface area (Å²) in [4.78, 5) is 18.4. The van der Waals surface area contributed by atoms with Gasteiger partial charge in [-0.2, -0.15) is 0 Å². The van der Waals surface area contributed by atoms with E-state index in [1.807, 2.05) is 0 Å². The summed E-state index contributed by atoms with van der Waals surface area (Å²) in [6.45, 7) is 7.68. The second-order valence-electron chi connectivity index (χ2n) is 7.70. The number of guanidine groups is 1. The van der Waals surface area contributed by atoms with Crippen molar-refractivity contribution in [3.63, 3.8) is 0 Å². The molecule has 1 aliphatic rings. The number of carbonyl (C=O) groups excluding carboxylic acids is 1. The Hall–Kier alpha value is -3.02. The number of nitrogens with zero attached hydrogens (tertiary/aromatic N) is 2. The summed E-state index contributed by atoms with van der Waals surface area (Å²) < 4.78 is 0. The van der Waals surface area contributed by atoms with Gasteiger partial charge < -0.3 is 20.9 Å². The van der Waals surface area contributed by atoms with Gasteiger partial charge in [0.25, 0.3) is 0 Å². The lowest BCUT2D eigenvalue weighted by atomic mass is 10.1. The Morgan fingerprint density at radius 2 is 1.90 bits per heavy atom. The number of benzene rings is 2. The molecule has 1 amide bonds. The van der Waals surface area contributed by atoms with E-state index in [0.717, 1.165) is 43.1 Å². The van der Waals surface area contributed by atoms with E-state index in [9.17, 15) is 4.79 Å². The van der Waals surface area contributed by atoms with E-state index in [0.29, 0.717) is 25.7 Å². The minimum absolute atomic E-state index is 0.0812. The first-order chi connectivity index (χ1) is 14.6. The first-order valence-corrected chi connectivity index (χ1v) is 10.8. The Morgan fingerprint density at radius 3 is 2.60 bits per heavy atom. The summed E-state index contributed by atoms with van der Waals surface area (Å²) in [5, 5.41) is 9.71. The standard InChI is InChI=1S/C24H33N5O/c1-3-25-24(28-19(2)9-10-20-7-5-4-6-8-20)27-17-21-11-13-22(14-12-21)29-16-15-26-23(30)18-29/h4-8,11-14,19H,3,9-10,15-18H2,1-2H3,(H,26,30)(H2,25,27,28). The molecule has 1 aliphatic heterocycles. The number of carbonyl (C=O) groups is 1. The van der Waals surface area contributed by atoms with E-state index in [2.05, 4.69) is 89.3 Å². The van der Waals surface area contributed by atoms with Crippen molar-refractivity contribution in [3.05, 3.63) is 65.7 Å². The summed E-state index contributed by atoms with van der Waals surface area (Å²) >= 11 is 0. The monoisotopic (exact) mass is 407 g/mol. The van der Waals surface area contributed by atoms with Gasteiger partial charge in [0, 0.05) is 31.4 Å². The van der Waals surface area contributed by atoms with Crippen LogP contribution in [0.3, 0.4) is 0 Å². The van der Waals surface area contributed by atoms with Crippen LogP contribution in [-0.2, 0) is 17.8 Å². The fourth-order valence-electron chi connectivity index (χ4n) is 3.49. The van der Waals surface area contributed by atoms with E-state index in [1.165, 1.54) is 5.56 Å². The van der Waals surface area contributed by atoms with E-state index >= 15 is 0 Å². The van der Waals surface area contributed by atoms with Crippen LogP contribution in [0.2, 0.25) is 0 Å². The summed E-state index contributed by atoms with van der Waals surface area (Å²) in [5.74, 6) is 0.924. The van der Waals surface area contributed by atoms with Gasteiger partial charge in [0.1, 0.15) is 0 Å². The molecule has 2 aromatic rings. The lowest BCUT2D eigenvalue weighted by molar-refractivity contribution is -0.120. The predicted octanol–water partition coefficient (Wildman–Crippen LogP) is 2.70. The van der Waals surface area contributed by atoms with Gasteiger partial charge in [-0.25, -0.2) is 4.99 Å². The van der Waals surface area contributed by atoms with Crippen molar-refractivity contribution < 1.29 is 4.79 Å². The van der Waals surface area contributed by atoms with Crippen molar-refractivity contribution in [1.29, 1.82) is 0 Å². The van der Waals surface area contributed by atoms with E-state index in [4.69, 9.17) is 4.99 Å². The molecule has 0 spiro atoms. The number of piperazine rings is 1. The SMILES string of the molecule is CCNC(=NCc1ccc(N2CCNC(=O)C2)cc1)NC(C)CCc1ccccc1. The van der Waals surface area contributed by atoms with Gasteiger partial charge in [0.15, 0.2) is 5.96 Å². The van der Waals surface area contributed by atoms with Gasteiger partial charge in [-0.05, 0) is 49.9 Å². The van der Waals surface area contributed by atoms with Gasteiger partial charge >= 0.3 is 0 Å². The summed E-state index contributed by atoms with van der Waals surface area (Å²) in [7, 11) is 0. The number of hydrogen-bond acceptors (Lipinski definition) is 3. The van der Waals surface area contributed by atoms with Gasteiger partial charge in [-0.15, -0.1) is 0 Å². The highest BCUT2D eigenvalue weighted by Gasteiger charge is 2.16. The highest BCUT2D eigenvalue weighted by Crippen LogP contribution is 2.16. The van der Waals surface area contributed by atoms with E-state index < -0.39 is 0 Å². The Bertz CT molecular complexity index is 819. The number of amides is 1. The molecule has 30 heavy (non-hydrogen) atoms. The minimum Gasteiger partial charge on any atom is -0.360 e. The van der Waals surface area contributed by atoms with Gasteiger partial charge in [0.2, 0.25) is 5.91 Å². The third kappa shape index (κ3) is 6.79. The maximum absolute atomic E-state index is 11.6. The topological polar surface area (TPSA) is 68.8 Å². The normalized spacial score (nSPS) is 15.5. The lowest BCUT2D eigenvalue weighted by Crippen LogP contribution is -2.47. The number of hydrogen-bond donors (Lipinski definition) is 3. The number of aryl methyl sites for hydroxylation is 1. The van der Waals surface area contributed by atoms with Crippen LogP contribution < -0.4 is 20.9 Å². The zero-order valence-corrected chi connectivity index (χ0v) is 18.0. The number of nitrogens with one attached hydrogen (secondary N) is 3. The van der Waals surface area contributed by atoms with E-state index in [1.54, 1.807) is 0 Å². The van der Waals surface area contributed by atoms with Crippen molar-refractivity contribution >= 4 is 17.6 Å². The average molecular weight is 408 g/mol. The predicted molar refractivity (Wildman–Crippen MR) is 124 cm³/mol. The van der Waals surface area contributed by atoms with Crippen LogP contribution in [0, 0.1) is 0 Å². The molecule has 1 fully saturated rings. The molecule has 0 aliphatic carbocycles. The molecule has 1 heterocycles. The van der Waals surface area contributed by atoms with Crippen LogP contribution in [-0.4, -0.2) is 44.1 Å². The van der Waals surface area contributed by atoms with Crippen molar-refractivity contribution in [3.8, 4) is 0 Å². The highest BCUT2D eigenvalue weighted by molar-refractivity contribution is 5.82. The number of anilines is 1. The van der Waals surface area contributed by atoms with Crippen LogP contribution >= 0.6 is 0 Å². The molecule has 1 atom stereocenters. The van der Waals surface area contributed by atoms with Gasteiger partial charge in [-0.1, -0.05) is 42.5 Å². The van der Waals surface area contributed by atoms with Gasteiger partial charge in [-0.3, -0.25) is 4.79 Å². The van der Waals surface area contributed by atoms with Crippen LogP contribution in [0.5, 0.6) is 0 Å². The molecule has 6 heteroatoms. The lowest BCUT2D eigenvalue weighted by Gasteiger charge is -2.28. The maximum atomic E-state index is 11.6. The first kappa shape index (κ1) is 21.7. The first-order valence-electron chi connectivity index (χ1n) is 10.8. The maximum Gasteiger partial charge on any atom is 0.239 e. The van der Waals surface area contributed by atoms with Crippen LogP contribution in [0.1, 0.15) is 31.4 Å². The van der Waals surface area contributed by atoms with E-state index in [-0.39, 0.29) is 5.91 Å². The Balaban J connectivity index is 1.52. The minimum atomic E-state index is 0.0812. The molecule has 0 radical (unpaired) electrons. The van der Waals surface area contributed by atoms with Crippen molar-refractivity contribution in [2.24, 2.45) is 4.99 Å². The molecular formula is C24H33N5O. The van der Waals surface area contributed by atoms with Crippen molar-refractivity contribution in [2.75, 3.05) is 31.1 Å². The fraction of sp³-hybridized carbons (Fsp3) is 0.417.